The summed E-state index contributed by atoms with van der Waals surface area (Å²) in [5, 5.41) is 9.06. The first-order valence-electron chi connectivity index (χ1n) is 5.46. The smallest absolute Gasteiger partial charge is 0.124 e. The fraction of sp³-hybridized carbons (Fsp3) is 0.500. The van der Waals surface area contributed by atoms with Crippen LogP contribution in [0.3, 0.4) is 0 Å². The molecular weight excluding hydrogens is 273 g/mol. The Morgan fingerprint density at radius 2 is 2.31 bits per heavy atom. The van der Waals surface area contributed by atoms with E-state index in [1.165, 1.54) is 12.1 Å². The number of halogens is 2. The first kappa shape index (κ1) is 12.0. The monoisotopic (exact) mass is 287 g/mol. The maximum Gasteiger partial charge on any atom is 0.124 e. The van der Waals surface area contributed by atoms with Crippen LogP contribution in [0.25, 0.3) is 0 Å². The molecule has 1 aromatic carbocycles. The number of aliphatic hydroxyl groups is 1. The fourth-order valence-corrected chi connectivity index (χ4v) is 2.57. The molecule has 2 rings (SSSR count). The van der Waals surface area contributed by atoms with Gasteiger partial charge in [0.25, 0.3) is 0 Å². The third kappa shape index (κ3) is 2.81. The van der Waals surface area contributed by atoms with E-state index >= 15 is 0 Å². The van der Waals surface area contributed by atoms with Crippen LogP contribution in [0.4, 0.5) is 4.39 Å². The zero-order valence-corrected chi connectivity index (χ0v) is 10.6. The summed E-state index contributed by atoms with van der Waals surface area (Å²) in [6.45, 7) is 3.02. The van der Waals surface area contributed by atoms with Crippen LogP contribution in [0.5, 0.6) is 0 Å². The van der Waals surface area contributed by atoms with Gasteiger partial charge in [0, 0.05) is 24.2 Å². The van der Waals surface area contributed by atoms with Crippen LogP contribution in [0.2, 0.25) is 0 Å². The topological polar surface area (TPSA) is 23.5 Å². The highest BCUT2D eigenvalue weighted by Crippen LogP contribution is 2.23. The molecule has 1 heterocycles. The molecule has 0 bridgehead atoms. The van der Waals surface area contributed by atoms with Gasteiger partial charge in [-0.05, 0) is 36.6 Å². The van der Waals surface area contributed by atoms with E-state index in [1.807, 2.05) is 6.07 Å². The molecule has 1 N–H and O–H groups in total. The number of benzene rings is 1. The lowest BCUT2D eigenvalue weighted by Crippen LogP contribution is -2.21. The zero-order chi connectivity index (χ0) is 11.5. The molecule has 1 aliphatic rings. The van der Waals surface area contributed by atoms with Crippen molar-refractivity contribution < 1.29 is 9.50 Å². The minimum Gasteiger partial charge on any atom is -0.396 e. The number of nitrogens with zero attached hydrogens (tertiary/aromatic N) is 1. The summed E-state index contributed by atoms with van der Waals surface area (Å²) in [5.74, 6) is 0.185. The number of rotatable bonds is 3. The van der Waals surface area contributed by atoms with Gasteiger partial charge in [-0.1, -0.05) is 22.0 Å². The summed E-state index contributed by atoms with van der Waals surface area (Å²) in [5.41, 5.74) is 1.10. The van der Waals surface area contributed by atoms with Gasteiger partial charge in [-0.3, -0.25) is 4.90 Å². The van der Waals surface area contributed by atoms with E-state index < -0.39 is 0 Å². The van der Waals surface area contributed by atoms with E-state index in [-0.39, 0.29) is 12.4 Å². The Morgan fingerprint density at radius 1 is 1.50 bits per heavy atom. The molecule has 1 aliphatic heterocycles. The molecule has 0 aromatic heterocycles. The van der Waals surface area contributed by atoms with Crippen LogP contribution in [0.15, 0.2) is 22.7 Å². The van der Waals surface area contributed by atoms with Gasteiger partial charge in [0.1, 0.15) is 5.82 Å². The van der Waals surface area contributed by atoms with Gasteiger partial charge in [-0.25, -0.2) is 4.39 Å². The Bertz CT molecular complexity index is 372. The fourth-order valence-electron chi connectivity index (χ4n) is 2.10. The van der Waals surface area contributed by atoms with E-state index in [4.69, 9.17) is 5.11 Å². The predicted octanol–water partition coefficient (Wildman–Crippen LogP) is 2.40. The van der Waals surface area contributed by atoms with Crippen molar-refractivity contribution in [1.82, 2.24) is 4.90 Å². The molecule has 2 nitrogen and oxygen atoms in total. The molecule has 1 fully saturated rings. The van der Waals surface area contributed by atoms with Crippen molar-refractivity contribution in [1.29, 1.82) is 0 Å². The van der Waals surface area contributed by atoms with Crippen molar-refractivity contribution in [3.05, 3.63) is 34.1 Å². The van der Waals surface area contributed by atoms with E-state index in [0.29, 0.717) is 5.92 Å². The van der Waals surface area contributed by atoms with Crippen molar-refractivity contribution >= 4 is 15.9 Å². The lowest BCUT2D eigenvalue weighted by Gasteiger charge is -2.16. The minimum absolute atomic E-state index is 0.217. The Balaban J connectivity index is 1.99. The molecule has 16 heavy (non-hydrogen) atoms. The summed E-state index contributed by atoms with van der Waals surface area (Å²) >= 11 is 3.37. The maximum atomic E-state index is 12.9. The van der Waals surface area contributed by atoms with Crippen LogP contribution in [0, 0.1) is 11.7 Å². The average molecular weight is 288 g/mol. The van der Waals surface area contributed by atoms with E-state index in [0.717, 1.165) is 36.1 Å². The highest BCUT2D eigenvalue weighted by molar-refractivity contribution is 9.10. The maximum absolute atomic E-state index is 12.9. The average Bonchev–Trinajstić information content (AvgIpc) is 2.70. The van der Waals surface area contributed by atoms with E-state index in [9.17, 15) is 4.39 Å². The van der Waals surface area contributed by atoms with Crippen molar-refractivity contribution in [2.45, 2.75) is 13.0 Å². The predicted molar refractivity (Wildman–Crippen MR) is 64.6 cm³/mol. The third-order valence-electron chi connectivity index (χ3n) is 3.04. The van der Waals surface area contributed by atoms with Crippen molar-refractivity contribution in [3.63, 3.8) is 0 Å². The Morgan fingerprint density at radius 3 is 2.94 bits per heavy atom. The number of likely N-dealkylation sites (tertiary alicyclic amines) is 1. The molecule has 1 atom stereocenters. The van der Waals surface area contributed by atoms with Gasteiger partial charge < -0.3 is 5.11 Å². The van der Waals surface area contributed by atoms with Gasteiger partial charge in [-0.2, -0.15) is 0 Å². The summed E-state index contributed by atoms with van der Waals surface area (Å²) in [7, 11) is 0. The van der Waals surface area contributed by atoms with E-state index in [1.54, 1.807) is 0 Å². The van der Waals surface area contributed by atoms with Crippen LogP contribution in [-0.2, 0) is 6.54 Å². The highest BCUT2D eigenvalue weighted by atomic mass is 79.9. The van der Waals surface area contributed by atoms with Gasteiger partial charge in [0.15, 0.2) is 0 Å². The first-order chi connectivity index (χ1) is 7.69. The summed E-state index contributed by atoms with van der Waals surface area (Å²) < 4.78 is 13.7. The van der Waals surface area contributed by atoms with E-state index in [2.05, 4.69) is 20.8 Å². The summed E-state index contributed by atoms with van der Waals surface area (Å²) in [6.07, 6.45) is 1.05. The second-order valence-electron chi connectivity index (χ2n) is 4.31. The minimum atomic E-state index is -0.217. The van der Waals surface area contributed by atoms with Crippen LogP contribution in [-0.4, -0.2) is 29.7 Å². The van der Waals surface area contributed by atoms with Gasteiger partial charge in [0.2, 0.25) is 0 Å². The van der Waals surface area contributed by atoms with Crippen molar-refractivity contribution in [3.8, 4) is 0 Å². The second kappa shape index (κ2) is 5.25. The lowest BCUT2D eigenvalue weighted by atomic mass is 10.1. The molecule has 1 saturated heterocycles. The molecule has 0 spiro atoms. The molecule has 88 valence electrons. The number of hydrogen-bond donors (Lipinski definition) is 1. The van der Waals surface area contributed by atoms with Crippen molar-refractivity contribution in [2.24, 2.45) is 5.92 Å². The van der Waals surface area contributed by atoms with Gasteiger partial charge >= 0.3 is 0 Å². The molecule has 1 aromatic rings. The number of aliphatic hydroxyl groups excluding tert-OH is 1. The molecule has 4 heteroatoms. The lowest BCUT2D eigenvalue weighted by molar-refractivity contribution is 0.220. The highest BCUT2D eigenvalue weighted by Gasteiger charge is 2.21. The van der Waals surface area contributed by atoms with Gasteiger partial charge in [0.05, 0.1) is 0 Å². The normalized spacial score (nSPS) is 21.6. The zero-order valence-electron chi connectivity index (χ0n) is 9.00. The summed E-state index contributed by atoms with van der Waals surface area (Å²) in [4.78, 5) is 2.29. The van der Waals surface area contributed by atoms with Crippen molar-refractivity contribution in [2.75, 3.05) is 19.7 Å². The first-order valence-corrected chi connectivity index (χ1v) is 6.25. The third-order valence-corrected chi connectivity index (χ3v) is 3.78. The Hall–Kier alpha value is -0.450. The van der Waals surface area contributed by atoms with Gasteiger partial charge in [-0.15, -0.1) is 0 Å². The quantitative estimate of drug-likeness (QED) is 0.923. The largest absolute Gasteiger partial charge is 0.396 e. The second-order valence-corrected chi connectivity index (χ2v) is 5.16. The molecule has 1 unspecified atom stereocenters. The summed E-state index contributed by atoms with van der Waals surface area (Å²) in [6, 6.07) is 4.79. The molecule has 0 saturated carbocycles. The molecule has 0 amide bonds. The Kier molecular flexibility index (Phi) is 3.95. The van der Waals surface area contributed by atoms with Crippen LogP contribution < -0.4 is 0 Å². The molecule has 0 radical (unpaired) electrons. The van der Waals surface area contributed by atoms with Crippen LogP contribution in [0.1, 0.15) is 12.0 Å². The Labute approximate surface area is 103 Å². The van der Waals surface area contributed by atoms with Crippen LogP contribution >= 0.6 is 15.9 Å². The standard InChI is InChI=1S/C12H15BrFNO/c13-12-5-11(14)2-1-10(12)7-15-4-3-9(6-15)8-16/h1-2,5,9,16H,3-4,6-8H2. The SMILES string of the molecule is OCC1CCN(Cc2ccc(F)cc2Br)C1. The molecular formula is C12H15BrFNO. The number of hydrogen-bond acceptors (Lipinski definition) is 2. The molecule has 0 aliphatic carbocycles.